The van der Waals surface area contributed by atoms with E-state index in [-0.39, 0.29) is 0 Å². The van der Waals surface area contributed by atoms with Gasteiger partial charge in [-0.1, -0.05) is 0 Å². The van der Waals surface area contributed by atoms with Gasteiger partial charge in [0.25, 0.3) is 0 Å². The molecule has 0 bridgehead atoms. The van der Waals surface area contributed by atoms with Crippen molar-refractivity contribution in [3.8, 4) is 0 Å². The first-order chi connectivity index (χ1) is 11.4. The highest BCUT2D eigenvalue weighted by molar-refractivity contribution is 5.28. The van der Waals surface area contributed by atoms with Crippen LogP contribution in [0.3, 0.4) is 0 Å². The Bertz CT molecular complexity index is 593. The molecule has 122 valence electrons. The second-order valence-electron chi connectivity index (χ2n) is 6.79. The van der Waals surface area contributed by atoms with Crippen molar-refractivity contribution in [2.24, 2.45) is 11.8 Å². The molecule has 0 saturated carbocycles. The maximum absolute atomic E-state index is 5.18. The van der Waals surface area contributed by atoms with Gasteiger partial charge in [0.1, 0.15) is 0 Å². The molecule has 2 fully saturated rings. The summed E-state index contributed by atoms with van der Waals surface area (Å²) in [5.74, 6) is 2.59. The summed E-state index contributed by atoms with van der Waals surface area (Å²) in [4.78, 5) is 13.7. The number of rotatable bonds is 4. The highest BCUT2D eigenvalue weighted by atomic mass is 16.3. The second kappa shape index (κ2) is 6.71. The van der Waals surface area contributed by atoms with Crippen LogP contribution in [0.1, 0.15) is 24.8 Å². The molecule has 0 aliphatic carbocycles. The van der Waals surface area contributed by atoms with Gasteiger partial charge >= 0.3 is 0 Å². The predicted molar refractivity (Wildman–Crippen MR) is 89.1 cm³/mol. The molecule has 0 radical (unpaired) electrons. The summed E-state index contributed by atoms with van der Waals surface area (Å²) in [6.07, 6.45) is 11.2. The minimum atomic E-state index is 0.848. The fourth-order valence-corrected chi connectivity index (χ4v) is 4.06. The molecule has 4 heterocycles. The molecule has 1 unspecified atom stereocenters. The third kappa shape index (κ3) is 3.39. The van der Waals surface area contributed by atoms with Crippen molar-refractivity contribution in [1.29, 1.82) is 0 Å². The zero-order chi connectivity index (χ0) is 15.5. The lowest BCUT2D eigenvalue weighted by Crippen LogP contribution is -2.37. The van der Waals surface area contributed by atoms with Crippen LogP contribution in [0.25, 0.3) is 0 Å². The zero-order valence-electron chi connectivity index (χ0n) is 13.5. The van der Waals surface area contributed by atoms with Crippen LogP contribution >= 0.6 is 0 Å². The molecule has 5 heteroatoms. The lowest BCUT2D eigenvalue weighted by Gasteiger charge is -2.34. The lowest BCUT2D eigenvalue weighted by molar-refractivity contribution is 0.251. The topological polar surface area (TPSA) is 45.4 Å². The maximum Gasteiger partial charge on any atom is 0.225 e. The number of hydrogen-bond donors (Lipinski definition) is 0. The van der Waals surface area contributed by atoms with Crippen molar-refractivity contribution in [3.63, 3.8) is 0 Å². The lowest BCUT2D eigenvalue weighted by atomic mass is 9.84. The fourth-order valence-electron chi connectivity index (χ4n) is 4.06. The Balaban J connectivity index is 1.28. The van der Waals surface area contributed by atoms with Gasteiger partial charge in [0.15, 0.2) is 0 Å². The Hall–Kier alpha value is -1.88. The van der Waals surface area contributed by atoms with Crippen LogP contribution in [-0.2, 0) is 6.54 Å². The van der Waals surface area contributed by atoms with E-state index >= 15 is 0 Å². The Labute approximate surface area is 137 Å². The normalized spacial score (nSPS) is 23.5. The first kappa shape index (κ1) is 14.7. The third-order valence-corrected chi connectivity index (χ3v) is 5.34. The van der Waals surface area contributed by atoms with Crippen molar-refractivity contribution in [1.82, 2.24) is 14.9 Å². The van der Waals surface area contributed by atoms with E-state index in [1.807, 2.05) is 24.7 Å². The molecule has 5 nitrogen and oxygen atoms in total. The molecule has 2 saturated heterocycles. The summed E-state index contributed by atoms with van der Waals surface area (Å²) in [7, 11) is 0. The third-order valence-electron chi connectivity index (χ3n) is 5.34. The van der Waals surface area contributed by atoms with Crippen LogP contribution in [0, 0.1) is 11.8 Å². The quantitative estimate of drug-likeness (QED) is 0.868. The first-order valence-corrected chi connectivity index (χ1v) is 8.64. The standard InChI is InChI=1S/C18H24N4O/c1-6-19-18(20-7-1)22-9-3-16(4-10-22)17-2-8-21(13-17)12-15-5-11-23-14-15/h1,5-7,11,14,16-17H,2-4,8-10,12-13H2. The van der Waals surface area contributed by atoms with E-state index < -0.39 is 0 Å². The monoisotopic (exact) mass is 312 g/mol. The van der Waals surface area contributed by atoms with E-state index in [0.29, 0.717) is 0 Å². The van der Waals surface area contributed by atoms with E-state index in [1.165, 1.54) is 37.9 Å². The Morgan fingerprint density at radius 2 is 1.83 bits per heavy atom. The van der Waals surface area contributed by atoms with Gasteiger partial charge in [-0.3, -0.25) is 4.90 Å². The summed E-state index contributed by atoms with van der Waals surface area (Å²) in [5.41, 5.74) is 1.29. The molecule has 0 amide bonds. The van der Waals surface area contributed by atoms with Crippen molar-refractivity contribution in [2.75, 3.05) is 31.1 Å². The van der Waals surface area contributed by atoms with Crippen LogP contribution in [0.5, 0.6) is 0 Å². The van der Waals surface area contributed by atoms with E-state index in [9.17, 15) is 0 Å². The molecular weight excluding hydrogens is 288 g/mol. The van der Waals surface area contributed by atoms with Gasteiger partial charge in [-0.15, -0.1) is 0 Å². The zero-order valence-corrected chi connectivity index (χ0v) is 13.5. The van der Waals surface area contributed by atoms with Crippen molar-refractivity contribution in [2.45, 2.75) is 25.8 Å². The molecule has 4 rings (SSSR count). The van der Waals surface area contributed by atoms with Crippen molar-refractivity contribution < 1.29 is 4.42 Å². The van der Waals surface area contributed by atoms with Crippen LogP contribution in [0.15, 0.2) is 41.5 Å². The molecule has 0 aromatic carbocycles. The first-order valence-electron chi connectivity index (χ1n) is 8.64. The molecule has 0 spiro atoms. The smallest absolute Gasteiger partial charge is 0.225 e. The van der Waals surface area contributed by atoms with E-state index in [4.69, 9.17) is 4.42 Å². The highest BCUT2D eigenvalue weighted by Crippen LogP contribution is 2.33. The molecule has 0 N–H and O–H groups in total. The summed E-state index contributed by atoms with van der Waals surface area (Å²) in [5, 5.41) is 0. The van der Waals surface area contributed by atoms with Gasteiger partial charge < -0.3 is 9.32 Å². The van der Waals surface area contributed by atoms with Crippen LogP contribution in [0.2, 0.25) is 0 Å². The van der Waals surface area contributed by atoms with E-state index in [2.05, 4.69) is 25.8 Å². The highest BCUT2D eigenvalue weighted by Gasteiger charge is 2.32. The number of nitrogens with zero attached hydrogens (tertiary/aromatic N) is 4. The molecule has 23 heavy (non-hydrogen) atoms. The van der Waals surface area contributed by atoms with Gasteiger partial charge in [-0.05, 0) is 49.8 Å². The van der Waals surface area contributed by atoms with Crippen molar-refractivity contribution in [3.05, 3.63) is 42.6 Å². The number of hydrogen-bond acceptors (Lipinski definition) is 5. The van der Waals surface area contributed by atoms with Gasteiger partial charge in [-0.2, -0.15) is 0 Å². The molecule has 2 aliphatic heterocycles. The van der Waals surface area contributed by atoms with E-state index in [0.717, 1.165) is 37.4 Å². The number of furan rings is 1. The molecule has 2 aromatic heterocycles. The summed E-state index contributed by atoms with van der Waals surface area (Å²) in [6.45, 7) is 5.67. The van der Waals surface area contributed by atoms with Gasteiger partial charge in [0, 0.05) is 44.1 Å². The van der Waals surface area contributed by atoms with E-state index in [1.54, 1.807) is 6.26 Å². The number of anilines is 1. The number of piperidine rings is 1. The summed E-state index contributed by atoms with van der Waals surface area (Å²) in [6, 6.07) is 3.95. The second-order valence-corrected chi connectivity index (χ2v) is 6.79. The van der Waals surface area contributed by atoms with Crippen molar-refractivity contribution >= 4 is 5.95 Å². The predicted octanol–water partition coefficient (Wildman–Crippen LogP) is 2.81. The Morgan fingerprint density at radius 1 is 1.04 bits per heavy atom. The Morgan fingerprint density at radius 3 is 2.57 bits per heavy atom. The molecular formula is C18H24N4O. The van der Waals surface area contributed by atoms with Gasteiger partial charge in [-0.25, -0.2) is 9.97 Å². The minimum Gasteiger partial charge on any atom is -0.472 e. The average molecular weight is 312 g/mol. The average Bonchev–Trinajstić information content (AvgIpc) is 3.28. The van der Waals surface area contributed by atoms with Crippen LogP contribution in [-0.4, -0.2) is 41.0 Å². The van der Waals surface area contributed by atoms with Crippen LogP contribution < -0.4 is 4.90 Å². The summed E-state index contributed by atoms with van der Waals surface area (Å²) >= 11 is 0. The molecule has 1 atom stereocenters. The Kier molecular flexibility index (Phi) is 4.28. The molecule has 2 aromatic rings. The largest absolute Gasteiger partial charge is 0.472 e. The molecule has 2 aliphatic rings. The fraction of sp³-hybridized carbons (Fsp3) is 0.556. The van der Waals surface area contributed by atoms with Crippen LogP contribution in [0.4, 0.5) is 5.95 Å². The SMILES string of the molecule is c1cnc(N2CCC(C3CCN(Cc4ccoc4)C3)CC2)nc1. The number of likely N-dealkylation sites (tertiary alicyclic amines) is 1. The maximum atomic E-state index is 5.18. The minimum absolute atomic E-state index is 0.848. The van der Waals surface area contributed by atoms with Gasteiger partial charge in [0.05, 0.1) is 12.5 Å². The van der Waals surface area contributed by atoms with Gasteiger partial charge in [0.2, 0.25) is 5.95 Å². The number of aromatic nitrogens is 2. The summed E-state index contributed by atoms with van der Waals surface area (Å²) < 4.78 is 5.18.